The lowest BCUT2D eigenvalue weighted by Gasteiger charge is -2.07. The van der Waals surface area contributed by atoms with Crippen LogP contribution in [0.3, 0.4) is 0 Å². The average Bonchev–Trinajstić information content (AvgIpc) is 3.16. The summed E-state index contributed by atoms with van der Waals surface area (Å²) >= 11 is 0. The van der Waals surface area contributed by atoms with E-state index in [1.807, 2.05) is 0 Å². The monoisotopic (exact) mass is 264 g/mol. The third-order valence-electron chi connectivity index (χ3n) is 3.37. The highest BCUT2D eigenvalue weighted by Crippen LogP contribution is 2.33. The molecule has 0 bridgehead atoms. The summed E-state index contributed by atoms with van der Waals surface area (Å²) in [6.07, 6.45) is 2.04. The van der Waals surface area contributed by atoms with E-state index in [0.717, 1.165) is 12.8 Å². The van der Waals surface area contributed by atoms with Gasteiger partial charge in [0.15, 0.2) is 0 Å². The molecule has 0 saturated heterocycles. The molecule has 7 nitrogen and oxygen atoms in total. The van der Waals surface area contributed by atoms with Gasteiger partial charge in [-0.2, -0.15) is 0 Å². The largest absolute Gasteiger partial charge is 0.349 e. The molecule has 19 heavy (non-hydrogen) atoms. The van der Waals surface area contributed by atoms with Crippen molar-refractivity contribution in [1.82, 2.24) is 5.32 Å². The van der Waals surface area contributed by atoms with E-state index in [1.165, 1.54) is 18.2 Å². The molecule has 1 fully saturated rings. The minimum absolute atomic E-state index is 0.125. The lowest BCUT2D eigenvalue weighted by Crippen LogP contribution is -2.27. The number of hydrogen-bond acceptors (Lipinski definition) is 5. The van der Waals surface area contributed by atoms with Crippen LogP contribution >= 0.6 is 0 Å². The van der Waals surface area contributed by atoms with Gasteiger partial charge in [0.05, 0.1) is 4.92 Å². The van der Waals surface area contributed by atoms with Gasteiger partial charge in [0, 0.05) is 17.7 Å². The molecule has 102 valence electrons. The standard InChI is InChI=1S/C12H16N4O3/c1-2-7-5-9(7)14-12(17)8-3-4-11(16(18)19)10(6-8)15-13/h3-4,6-7,9,15H,2,5,13H2,1H3,(H,14,17). The van der Waals surface area contributed by atoms with Gasteiger partial charge in [-0.3, -0.25) is 20.8 Å². The molecule has 1 aliphatic rings. The van der Waals surface area contributed by atoms with E-state index in [9.17, 15) is 14.9 Å². The highest BCUT2D eigenvalue weighted by Gasteiger charge is 2.36. The molecule has 0 heterocycles. The molecule has 0 radical (unpaired) electrons. The van der Waals surface area contributed by atoms with Gasteiger partial charge in [-0.1, -0.05) is 13.3 Å². The number of carbonyl (C=O) groups is 1. The third kappa shape index (κ3) is 2.82. The fourth-order valence-corrected chi connectivity index (χ4v) is 2.08. The molecule has 0 aliphatic heterocycles. The van der Waals surface area contributed by atoms with Crippen molar-refractivity contribution >= 4 is 17.3 Å². The topological polar surface area (TPSA) is 110 Å². The molecule has 1 aromatic carbocycles. The zero-order chi connectivity index (χ0) is 14.0. The number of nitrogen functional groups attached to an aromatic ring is 1. The highest BCUT2D eigenvalue weighted by molar-refractivity contribution is 5.96. The summed E-state index contributed by atoms with van der Waals surface area (Å²) < 4.78 is 0. The van der Waals surface area contributed by atoms with Gasteiger partial charge in [0.25, 0.3) is 11.6 Å². The first-order valence-electron chi connectivity index (χ1n) is 6.12. The van der Waals surface area contributed by atoms with Crippen molar-refractivity contribution in [3.05, 3.63) is 33.9 Å². The highest BCUT2D eigenvalue weighted by atomic mass is 16.6. The fourth-order valence-electron chi connectivity index (χ4n) is 2.08. The number of nitro benzene ring substituents is 1. The molecule has 1 saturated carbocycles. The molecule has 1 amide bonds. The molecular weight excluding hydrogens is 248 g/mol. The third-order valence-corrected chi connectivity index (χ3v) is 3.37. The number of amides is 1. The number of hydrazine groups is 1. The Hall–Kier alpha value is -2.15. The maximum atomic E-state index is 12.0. The van der Waals surface area contributed by atoms with Gasteiger partial charge >= 0.3 is 0 Å². The van der Waals surface area contributed by atoms with Crippen molar-refractivity contribution in [3.8, 4) is 0 Å². The predicted molar refractivity (Wildman–Crippen MR) is 70.6 cm³/mol. The summed E-state index contributed by atoms with van der Waals surface area (Å²) in [4.78, 5) is 22.1. The minimum Gasteiger partial charge on any atom is -0.349 e. The Morgan fingerprint density at radius 3 is 2.84 bits per heavy atom. The summed E-state index contributed by atoms with van der Waals surface area (Å²) in [5, 5.41) is 13.6. The fraction of sp³-hybridized carbons (Fsp3) is 0.417. The smallest absolute Gasteiger partial charge is 0.293 e. The van der Waals surface area contributed by atoms with E-state index in [4.69, 9.17) is 5.84 Å². The first-order chi connectivity index (χ1) is 9.06. The maximum Gasteiger partial charge on any atom is 0.293 e. The van der Waals surface area contributed by atoms with Crippen molar-refractivity contribution in [1.29, 1.82) is 0 Å². The second-order valence-electron chi connectivity index (χ2n) is 4.62. The van der Waals surface area contributed by atoms with Crippen LogP contribution in [-0.4, -0.2) is 16.9 Å². The predicted octanol–water partition coefficient (Wildman–Crippen LogP) is 1.41. The maximum absolute atomic E-state index is 12.0. The van der Waals surface area contributed by atoms with Gasteiger partial charge in [-0.05, 0) is 24.5 Å². The van der Waals surface area contributed by atoms with Crippen molar-refractivity contribution in [2.24, 2.45) is 11.8 Å². The number of carbonyl (C=O) groups excluding carboxylic acids is 1. The molecule has 1 aromatic rings. The van der Waals surface area contributed by atoms with Gasteiger partial charge < -0.3 is 10.7 Å². The van der Waals surface area contributed by atoms with Gasteiger partial charge in [-0.25, -0.2) is 0 Å². The number of nitro groups is 1. The summed E-state index contributed by atoms with van der Waals surface area (Å²) in [5.74, 6) is 5.55. The number of rotatable bonds is 5. The molecule has 2 rings (SSSR count). The molecular formula is C12H16N4O3. The van der Waals surface area contributed by atoms with Crippen LogP contribution in [0.4, 0.5) is 11.4 Å². The van der Waals surface area contributed by atoms with Crippen molar-refractivity contribution < 1.29 is 9.72 Å². The molecule has 7 heteroatoms. The van der Waals surface area contributed by atoms with E-state index in [1.54, 1.807) is 0 Å². The minimum atomic E-state index is -0.551. The lowest BCUT2D eigenvalue weighted by molar-refractivity contribution is -0.384. The van der Waals surface area contributed by atoms with Crippen LogP contribution in [-0.2, 0) is 0 Å². The Kier molecular flexibility index (Phi) is 3.66. The first kappa shape index (κ1) is 13.3. The first-order valence-corrected chi connectivity index (χ1v) is 6.12. The van der Waals surface area contributed by atoms with Crippen LogP contribution < -0.4 is 16.6 Å². The number of nitrogens with zero attached hydrogens (tertiary/aromatic N) is 1. The van der Waals surface area contributed by atoms with Gasteiger partial charge in [-0.15, -0.1) is 0 Å². The van der Waals surface area contributed by atoms with Crippen molar-refractivity contribution in [2.45, 2.75) is 25.8 Å². The number of nitrogens with one attached hydrogen (secondary N) is 2. The van der Waals surface area contributed by atoms with Crippen LogP contribution in [0.15, 0.2) is 18.2 Å². The zero-order valence-electron chi connectivity index (χ0n) is 10.6. The van der Waals surface area contributed by atoms with Crippen LogP contribution in [0, 0.1) is 16.0 Å². The summed E-state index contributed by atoms with van der Waals surface area (Å²) in [7, 11) is 0. The molecule has 1 aliphatic carbocycles. The molecule has 0 spiro atoms. The second kappa shape index (κ2) is 5.23. The van der Waals surface area contributed by atoms with E-state index < -0.39 is 4.92 Å². The molecule has 4 N–H and O–H groups in total. The van der Waals surface area contributed by atoms with E-state index in [-0.39, 0.29) is 23.3 Å². The molecule has 2 unspecified atom stereocenters. The lowest BCUT2D eigenvalue weighted by atomic mass is 10.1. The van der Waals surface area contributed by atoms with E-state index in [2.05, 4.69) is 17.7 Å². The summed E-state index contributed by atoms with van der Waals surface area (Å²) in [6, 6.07) is 4.31. The Morgan fingerprint density at radius 1 is 1.58 bits per heavy atom. The Labute approximate surface area is 110 Å². The molecule has 2 atom stereocenters. The summed E-state index contributed by atoms with van der Waals surface area (Å²) in [6.45, 7) is 2.08. The van der Waals surface area contributed by atoms with Crippen LogP contribution in [0.25, 0.3) is 0 Å². The van der Waals surface area contributed by atoms with Gasteiger partial charge in [0.1, 0.15) is 5.69 Å². The van der Waals surface area contributed by atoms with Crippen LogP contribution in [0.5, 0.6) is 0 Å². The van der Waals surface area contributed by atoms with Crippen LogP contribution in [0.2, 0.25) is 0 Å². The Balaban J connectivity index is 2.12. The average molecular weight is 264 g/mol. The SMILES string of the molecule is CCC1CC1NC(=O)c1ccc([N+](=O)[O-])c(NN)c1. The number of benzene rings is 1. The van der Waals surface area contributed by atoms with E-state index >= 15 is 0 Å². The number of anilines is 1. The molecule has 0 aromatic heterocycles. The quantitative estimate of drug-likeness (QED) is 0.423. The number of hydrogen-bond donors (Lipinski definition) is 3. The summed E-state index contributed by atoms with van der Waals surface area (Å²) in [5.41, 5.74) is 2.57. The van der Waals surface area contributed by atoms with Crippen molar-refractivity contribution in [3.63, 3.8) is 0 Å². The second-order valence-corrected chi connectivity index (χ2v) is 4.62. The Bertz CT molecular complexity index is 518. The number of nitrogens with two attached hydrogens (primary N) is 1. The zero-order valence-corrected chi connectivity index (χ0v) is 10.6. The normalized spacial score (nSPS) is 20.7. The van der Waals surface area contributed by atoms with Crippen molar-refractivity contribution in [2.75, 3.05) is 5.43 Å². The van der Waals surface area contributed by atoms with Gasteiger partial charge in [0.2, 0.25) is 0 Å². The van der Waals surface area contributed by atoms with Crippen LogP contribution in [0.1, 0.15) is 30.1 Å². The van der Waals surface area contributed by atoms with E-state index in [0.29, 0.717) is 11.5 Å². The Morgan fingerprint density at radius 2 is 2.32 bits per heavy atom.